The maximum Gasteiger partial charge on any atom is 0.231 e. The molecule has 0 heterocycles. The fourth-order valence-electron chi connectivity index (χ4n) is 1.69. The van der Waals surface area contributed by atoms with Crippen molar-refractivity contribution in [3.63, 3.8) is 0 Å². The molecular formula is C14H19ClN2O2. The van der Waals surface area contributed by atoms with Crippen molar-refractivity contribution in [1.29, 1.82) is 0 Å². The molecule has 0 spiro atoms. The summed E-state index contributed by atoms with van der Waals surface area (Å²) in [5.41, 5.74) is 0.952. The van der Waals surface area contributed by atoms with Gasteiger partial charge in [0.05, 0.1) is 0 Å². The number of hydrogen-bond donors (Lipinski definition) is 1. The van der Waals surface area contributed by atoms with E-state index in [9.17, 15) is 9.59 Å². The van der Waals surface area contributed by atoms with Crippen LogP contribution in [0.3, 0.4) is 0 Å². The van der Waals surface area contributed by atoms with E-state index in [-0.39, 0.29) is 18.2 Å². The largest absolute Gasteiger partial charge is 0.352 e. The van der Waals surface area contributed by atoms with E-state index in [4.69, 9.17) is 11.6 Å². The van der Waals surface area contributed by atoms with E-state index in [0.29, 0.717) is 24.7 Å². The van der Waals surface area contributed by atoms with Crippen LogP contribution in [0.25, 0.3) is 0 Å². The highest BCUT2D eigenvalue weighted by Crippen LogP contribution is 2.09. The summed E-state index contributed by atoms with van der Waals surface area (Å²) in [6.45, 7) is 5.45. The maximum atomic E-state index is 11.7. The van der Waals surface area contributed by atoms with Crippen LogP contribution in [0.15, 0.2) is 24.3 Å². The molecule has 0 aliphatic carbocycles. The molecule has 4 nitrogen and oxygen atoms in total. The van der Waals surface area contributed by atoms with Crippen LogP contribution >= 0.6 is 11.6 Å². The van der Waals surface area contributed by atoms with Gasteiger partial charge >= 0.3 is 0 Å². The minimum Gasteiger partial charge on any atom is -0.352 e. The van der Waals surface area contributed by atoms with Crippen LogP contribution in [0.2, 0.25) is 5.02 Å². The Bertz CT molecular complexity index is 428. The summed E-state index contributed by atoms with van der Waals surface area (Å²) in [4.78, 5) is 25.0. The van der Waals surface area contributed by atoms with E-state index >= 15 is 0 Å². The van der Waals surface area contributed by atoms with E-state index in [1.807, 2.05) is 26.0 Å². The molecule has 0 aliphatic heterocycles. The minimum atomic E-state index is -0.258. The lowest BCUT2D eigenvalue weighted by atomic mass is 10.2. The molecule has 1 rings (SSSR count). The highest BCUT2D eigenvalue weighted by atomic mass is 35.5. The average Bonchev–Trinajstić information content (AvgIpc) is 2.39. The second-order valence-electron chi connectivity index (χ2n) is 4.15. The van der Waals surface area contributed by atoms with Gasteiger partial charge in [0, 0.05) is 24.7 Å². The third-order valence-corrected chi connectivity index (χ3v) is 3.08. The number of hydrogen-bond acceptors (Lipinski definition) is 2. The third kappa shape index (κ3) is 5.30. The quantitative estimate of drug-likeness (QED) is 0.814. The summed E-state index contributed by atoms with van der Waals surface area (Å²) in [6, 6.07) is 7.22. The predicted molar refractivity (Wildman–Crippen MR) is 75.8 cm³/mol. The van der Waals surface area contributed by atoms with Crippen molar-refractivity contribution in [3.05, 3.63) is 34.9 Å². The Labute approximate surface area is 118 Å². The summed E-state index contributed by atoms with van der Waals surface area (Å²) >= 11 is 5.77. The van der Waals surface area contributed by atoms with Gasteiger partial charge in [0.25, 0.3) is 0 Å². The average molecular weight is 283 g/mol. The van der Waals surface area contributed by atoms with E-state index in [0.717, 1.165) is 5.56 Å². The highest BCUT2D eigenvalue weighted by molar-refractivity contribution is 6.30. The van der Waals surface area contributed by atoms with Crippen LogP contribution in [0.1, 0.15) is 25.8 Å². The summed E-state index contributed by atoms with van der Waals surface area (Å²) in [5.74, 6) is -0.398. The number of rotatable bonds is 6. The van der Waals surface area contributed by atoms with Crippen LogP contribution in [0.4, 0.5) is 0 Å². The van der Waals surface area contributed by atoms with Gasteiger partial charge in [0.15, 0.2) is 0 Å². The van der Waals surface area contributed by atoms with Gasteiger partial charge in [-0.25, -0.2) is 0 Å². The monoisotopic (exact) mass is 282 g/mol. The Kier molecular flexibility index (Phi) is 6.36. The molecule has 0 aromatic heterocycles. The molecule has 2 amide bonds. The Balaban J connectivity index is 2.39. The molecule has 0 bridgehead atoms. The van der Waals surface area contributed by atoms with E-state index in [1.54, 1.807) is 17.0 Å². The third-order valence-electron chi connectivity index (χ3n) is 2.83. The fraction of sp³-hybridized carbons (Fsp3) is 0.429. The van der Waals surface area contributed by atoms with Crippen LogP contribution in [-0.2, 0) is 16.1 Å². The molecule has 0 fully saturated rings. The van der Waals surface area contributed by atoms with Crippen molar-refractivity contribution in [2.75, 3.05) is 13.1 Å². The number of benzene rings is 1. The summed E-state index contributed by atoms with van der Waals surface area (Å²) in [6.07, 6.45) is -0.102. The zero-order valence-corrected chi connectivity index (χ0v) is 12.0. The molecule has 19 heavy (non-hydrogen) atoms. The van der Waals surface area contributed by atoms with Gasteiger partial charge in [-0.2, -0.15) is 0 Å². The van der Waals surface area contributed by atoms with Gasteiger partial charge in [0.1, 0.15) is 6.42 Å². The van der Waals surface area contributed by atoms with Gasteiger partial charge < -0.3 is 10.2 Å². The SMILES string of the molecule is CCN(CC)C(=O)CC(=O)NCc1ccc(Cl)cc1. The maximum absolute atomic E-state index is 11.7. The zero-order chi connectivity index (χ0) is 14.3. The molecule has 1 aromatic rings. The molecule has 0 radical (unpaired) electrons. The predicted octanol–water partition coefficient (Wildman–Crippen LogP) is 2.21. The molecule has 0 aliphatic rings. The molecule has 104 valence electrons. The molecule has 0 atom stereocenters. The lowest BCUT2D eigenvalue weighted by molar-refractivity contribution is -0.135. The normalized spacial score (nSPS) is 10.1. The number of carbonyl (C=O) groups excluding carboxylic acids is 2. The summed E-state index contributed by atoms with van der Waals surface area (Å²) in [7, 11) is 0. The Hall–Kier alpha value is -1.55. The Morgan fingerprint density at radius 3 is 2.26 bits per heavy atom. The zero-order valence-electron chi connectivity index (χ0n) is 11.3. The first-order chi connectivity index (χ1) is 9.06. The van der Waals surface area contributed by atoms with Gasteiger partial charge in [-0.05, 0) is 31.5 Å². The van der Waals surface area contributed by atoms with Crippen molar-refractivity contribution in [2.45, 2.75) is 26.8 Å². The second kappa shape index (κ2) is 7.79. The number of nitrogens with zero attached hydrogens (tertiary/aromatic N) is 1. The number of halogens is 1. The van der Waals surface area contributed by atoms with Crippen molar-refractivity contribution >= 4 is 23.4 Å². The van der Waals surface area contributed by atoms with Crippen molar-refractivity contribution in [1.82, 2.24) is 10.2 Å². The van der Waals surface area contributed by atoms with Gasteiger partial charge in [0.2, 0.25) is 11.8 Å². The summed E-state index contributed by atoms with van der Waals surface area (Å²) < 4.78 is 0. The first-order valence-corrected chi connectivity index (χ1v) is 6.73. The molecule has 1 aromatic carbocycles. The first-order valence-electron chi connectivity index (χ1n) is 6.35. The topological polar surface area (TPSA) is 49.4 Å². The van der Waals surface area contributed by atoms with Crippen molar-refractivity contribution < 1.29 is 9.59 Å². The number of nitrogens with one attached hydrogen (secondary N) is 1. The smallest absolute Gasteiger partial charge is 0.231 e. The number of amides is 2. The Morgan fingerprint density at radius 1 is 1.16 bits per heavy atom. The van der Waals surface area contributed by atoms with Crippen LogP contribution in [0.5, 0.6) is 0 Å². The number of carbonyl (C=O) groups is 2. The van der Waals surface area contributed by atoms with E-state index in [2.05, 4.69) is 5.32 Å². The molecule has 0 unspecified atom stereocenters. The van der Waals surface area contributed by atoms with E-state index < -0.39 is 0 Å². The van der Waals surface area contributed by atoms with Gasteiger partial charge in [-0.15, -0.1) is 0 Å². The van der Waals surface area contributed by atoms with E-state index in [1.165, 1.54) is 0 Å². The highest BCUT2D eigenvalue weighted by Gasteiger charge is 2.14. The second-order valence-corrected chi connectivity index (χ2v) is 4.58. The van der Waals surface area contributed by atoms with Gasteiger partial charge in [-0.3, -0.25) is 9.59 Å². The standard InChI is InChI=1S/C14H19ClN2O2/c1-3-17(4-2)14(19)9-13(18)16-10-11-5-7-12(15)8-6-11/h5-8H,3-4,9-10H2,1-2H3,(H,16,18). The fourth-order valence-corrected chi connectivity index (χ4v) is 1.82. The van der Waals surface area contributed by atoms with Crippen LogP contribution in [-0.4, -0.2) is 29.8 Å². The Morgan fingerprint density at radius 2 is 1.74 bits per heavy atom. The lowest BCUT2D eigenvalue weighted by Gasteiger charge is -2.18. The van der Waals surface area contributed by atoms with Crippen LogP contribution < -0.4 is 5.32 Å². The van der Waals surface area contributed by atoms with Gasteiger partial charge in [-0.1, -0.05) is 23.7 Å². The first kappa shape index (κ1) is 15.5. The molecule has 0 saturated carbocycles. The minimum absolute atomic E-state index is 0.102. The lowest BCUT2D eigenvalue weighted by Crippen LogP contribution is -2.35. The van der Waals surface area contributed by atoms with Crippen molar-refractivity contribution in [2.24, 2.45) is 0 Å². The molecule has 5 heteroatoms. The molecule has 1 N–H and O–H groups in total. The molecular weight excluding hydrogens is 264 g/mol. The van der Waals surface area contributed by atoms with Crippen LogP contribution in [0, 0.1) is 0 Å². The molecule has 0 saturated heterocycles. The van der Waals surface area contributed by atoms with Crippen molar-refractivity contribution in [3.8, 4) is 0 Å². The summed E-state index contributed by atoms with van der Waals surface area (Å²) in [5, 5.41) is 3.38.